The number of rotatable bonds is 7. The van der Waals surface area contributed by atoms with E-state index in [1.807, 2.05) is 0 Å². The third-order valence-corrected chi connectivity index (χ3v) is 5.40. The van der Waals surface area contributed by atoms with Crippen LogP contribution in [0.1, 0.15) is 38.5 Å². The maximum absolute atomic E-state index is 12.3. The molecular formula is C17H31N3O. The van der Waals surface area contributed by atoms with Crippen LogP contribution in [-0.2, 0) is 4.79 Å². The Kier molecular flexibility index (Phi) is 5.17. The van der Waals surface area contributed by atoms with Gasteiger partial charge in [0, 0.05) is 32.6 Å². The summed E-state index contributed by atoms with van der Waals surface area (Å²) in [7, 11) is 2.25. The fraction of sp³-hybridized carbons (Fsp3) is 0.941. The Morgan fingerprint density at radius 1 is 1.14 bits per heavy atom. The molecule has 120 valence electrons. The summed E-state index contributed by atoms with van der Waals surface area (Å²) in [6.07, 6.45) is 7.14. The number of nitrogens with one attached hydrogen (secondary N) is 1. The minimum absolute atomic E-state index is 0.397. The molecule has 1 aliphatic carbocycles. The van der Waals surface area contributed by atoms with Gasteiger partial charge < -0.3 is 15.1 Å². The van der Waals surface area contributed by atoms with E-state index in [2.05, 4.69) is 22.2 Å². The highest BCUT2D eigenvalue weighted by Crippen LogP contribution is 2.30. The molecule has 2 atom stereocenters. The van der Waals surface area contributed by atoms with Crippen molar-refractivity contribution in [2.24, 2.45) is 17.8 Å². The van der Waals surface area contributed by atoms with E-state index >= 15 is 0 Å². The Bertz CT molecular complexity index is 350. The van der Waals surface area contributed by atoms with Crippen LogP contribution in [0.25, 0.3) is 0 Å². The highest BCUT2D eigenvalue weighted by Gasteiger charge is 2.29. The Morgan fingerprint density at radius 2 is 1.95 bits per heavy atom. The van der Waals surface area contributed by atoms with Gasteiger partial charge >= 0.3 is 0 Å². The van der Waals surface area contributed by atoms with Gasteiger partial charge in [-0.3, -0.25) is 4.79 Å². The molecule has 0 aromatic carbocycles. The molecule has 3 aliphatic rings. The van der Waals surface area contributed by atoms with Gasteiger partial charge in [-0.2, -0.15) is 0 Å². The molecule has 0 radical (unpaired) electrons. The molecule has 1 saturated carbocycles. The van der Waals surface area contributed by atoms with Gasteiger partial charge in [-0.05, 0) is 70.0 Å². The van der Waals surface area contributed by atoms with Gasteiger partial charge in [0.15, 0.2) is 0 Å². The van der Waals surface area contributed by atoms with Crippen LogP contribution in [0.3, 0.4) is 0 Å². The summed E-state index contributed by atoms with van der Waals surface area (Å²) in [6.45, 7) is 6.67. The quantitative estimate of drug-likeness (QED) is 0.774. The largest absolute Gasteiger partial charge is 0.342 e. The van der Waals surface area contributed by atoms with Crippen molar-refractivity contribution in [1.29, 1.82) is 0 Å². The molecule has 0 bridgehead atoms. The van der Waals surface area contributed by atoms with Crippen molar-refractivity contribution in [3.8, 4) is 0 Å². The van der Waals surface area contributed by atoms with E-state index in [0.29, 0.717) is 11.8 Å². The van der Waals surface area contributed by atoms with E-state index in [4.69, 9.17) is 0 Å². The van der Waals surface area contributed by atoms with Gasteiger partial charge in [0.2, 0.25) is 5.91 Å². The zero-order valence-corrected chi connectivity index (χ0v) is 13.5. The second kappa shape index (κ2) is 7.10. The molecule has 2 saturated heterocycles. The summed E-state index contributed by atoms with van der Waals surface area (Å²) in [4.78, 5) is 16.9. The molecule has 1 amide bonds. The highest BCUT2D eigenvalue weighted by atomic mass is 16.2. The molecule has 0 aromatic heterocycles. The molecule has 3 rings (SSSR count). The number of hydrogen-bond donors (Lipinski definition) is 1. The van der Waals surface area contributed by atoms with Crippen LogP contribution >= 0.6 is 0 Å². The van der Waals surface area contributed by atoms with Gasteiger partial charge in [-0.15, -0.1) is 0 Å². The van der Waals surface area contributed by atoms with E-state index in [0.717, 1.165) is 50.9 Å². The summed E-state index contributed by atoms with van der Waals surface area (Å²) < 4.78 is 0. The van der Waals surface area contributed by atoms with Crippen molar-refractivity contribution in [3.63, 3.8) is 0 Å². The Morgan fingerprint density at radius 3 is 2.67 bits per heavy atom. The van der Waals surface area contributed by atoms with Crippen molar-refractivity contribution in [3.05, 3.63) is 0 Å². The first-order chi connectivity index (χ1) is 10.2. The summed E-state index contributed by atoms with van der Waals surface area (Å²) in [5.41, 5.74) is 0. The fourth-order valence-corrected chi connectivity index (χ4v) is 3.91. The molecule has 21 heavy (non-hydrogen) atoms. The van der Waals surface area contributed by atoms with Crippen LogP contribution in [-0.4, -0.2) is 62.0 Å². The first-order valence-electron chi connectivity index (χ1n) is 8.87. The summed E-state index contributed by atoms with van der Waals surface area (Å²) >= 11 is 0. The standard InChI is InChI=1S/C17H31N3O/c1-19(11-15-2-3-15)12-16-7-9-20(13-16)17(21)5-4-14-6-8-18-10-14/h14-16,18H,2-13H2,1H3. The molecule has 0 aromatic rings. The molecule has 4 heteroatoms. The van der Waals surface area contributed by atoms with E-state index in [1.165, 1.54) is 38.8 Å². The number of amides is 1. The Labute approximate surface area is 129 Å². The van der Waals surface area contributed by atoms with Crippen LogP contribution in [0.15, 0.2) is 0 Å². The topological polar surface area (TPSA) is 35.6 Å². The summed E-state index contributed by atoms with van der Waals surface area (Å²) in [5.74, 6) is 2.80. The number of hydrogen-bond acceptors (Lipinski definition) is 3. The normalized spacial score (nSPS) is 29.5. The lowest BCUT2D eigenvalue weighted by Gasteiger charge is -2.21. The summed E-state index contributed by atoms with van der Waals surface area (Å²) in [6, 6.07) is 0. The van der Waals surface area contributed by atoms with Gasteiger partial charge in [0.25, 0.3) is 0 Å². The SMILES string of the molecule is CN(CC1CC1)CC1CCN(C(=O)CCC2CCNC2)C1. The first kappa shape index (κ1) is 15.3. The molecule has 2 unspecified atom stereocenters. The smallest absolute Gasteiger partial charge is 0.222 e. The van der Waals surface area contributed by atoms with Crippen molar-refractivity contribution in [2.45, 2.75) is 38.5 Å². The predicted octanol–water partition coefficient (Wildman–Crippen LogP) is 1.57. The van der Waals surface area contributed by atoms with E-state index in [1.54, 1.807) is 0 Å². The third-order valence-electron chi connectivity index (χ3n) is 5.40. The lowest BCUT2D eigenvalue weighted by Crippen LogP contribution is -2.32. The molecular weight excluding hydrogens is 262 g/mol. The maximum atomic E-state index is 12.3. The van der Waals surface area contributed by atoms with Crippen LogP contribution in [0.2, 0.25) is 0 Å². The molecule has 4 nitrogen and oxygen atoms in total. The van der Waals surface area contributed by atoms with Crippen molar-refractivity contribution in [2.75, 3.05) is 46.3 Å². The fourth-order valence-electron chi connectivity index (χ4n) is 3.91. The maximum Gasteiger partial charge on any atom is 0.222 e. The highest BCUT2D eigenvalue weighted by molar-refractivity contribution is 5.76. The van der Waals surface area contributed by atoms with Gasteiger partial charge in [-0.25, -0.2) is 0 Å². The van der Waals surface area contributed by atoms with Crippen LogP contribution in [0.5, 0.6) is 0 Å². The molecule has 1 N–H and O–H groups in total. The lowest BCUT2D eigenvalue weighted by molar-refractivity contribution is -0.130. The molecule has 2 heterocycles. The van der Waals surface area contributed by atoms with E-state index in [9.17, 15) is 4.79 Å². The lowest BCUT2D eigenvalue weighted by atomic mass is 10.0. The monoisotopic (exact) mass is 293 g/mol. The molecule has 2 aliphatic heterocycles. The predicted molar refractivity (Wildman–Crippen MR) is 85.1 cm³/mol. The number of likely N-dealkylation sites (tertiary alicyclic amines) is 1. The van der Waals surface area contributed by atoms with Crippen LogP contribution in [0, 0.1) is 17.8 Å². The van der Waals surface area contributed by atoms with Gasteiger partial charge in [0.05, 0.1) is 0 Å². The van der Waals surface area contributed by atoms with Gasteiger partial charge in [0.1, 0.15) is 0 Å². The average molecular weight is 293 g/mol. The average Bonchev–Trinajstić information content (AvgIpc) is 2.95. The Balaban J connectivity index is 1.33. The minimum atomic E-state index is 0.397. The minimum Gasteiger partial charge on any atom is -0.342 e. The zero-order valence-electron chi connectivity index (χ0n) is 13.5. The van der Waals surface area contributed by atoms with Crippen molar-refractivity contribution >= 4 is 5.91 Å². The second-order valence-corrected chi connectivity index (χ2v) is 7.56. The van der Waals surface area contributed by atoms with E-state index < -0.39 is 0 Å². The van der Waals surface area contributed by atoms with Crippen molar-refractivity contribution < 1.29 is 4.79 Å². The number of nitrogens with zero attached hydrogens (tertiary/aromatic N) is 2. The van der Waals surface area contributed by atoms with Crippen molar-refractivity contribution in [1.82, 2.24) is 15.1 Å². The first-order valence-corrected chi connectivity index (χ1v) is 8.87. The third kappa shape index (κ3) is 4.68. The second-order valence-electron chi connectivity index (χ2n) is 7.56. The number of carbonyl (C=O) groups excluding carboxylic acids is 1. The Hall–Kier alpha value is -0.610. The number of carbonyl (C=O) groups is 1. The zero-order chi connectivity index (χ0) is 14.7. The van der Waals surface area contributed by atoms with Gasteiger partial charge in [-0.1, -0.05) is 0 Å². The van der Waals surface area contributed by atoms with E-state index in [-0.39, 0.29) is 0 Å². The van der Waals surface area contributed by atoms with Crippen LogP contribution in [0.4, 0.5) is 0 Å². The molecule has 3 fully saturated rings. The summed E-state index contributed by atoms with van der Waals surface area (Å²) in [5, 5.41) is 3.38. The molecule has 0 spiro atoms. The van der Waals surface area contributed by atoms with Crippen LogP contribution < -0.4 is 5.32 Å².